The van der Waals surface area contributed by atoms with E-state index in [9.17, 15) is 18.0 Å². The number of benzene rings is 3. The van der Waals surface area contributed by atoms with Gasteiger partial charge in [0.25, 0.3) is 10.0 Å². The zero-order valence-electron chi connectivity index (χ0n) is 24.4. The summed E-state index contributed by atoms with van der Waals surface area (Å²) >= 11 is 0. The monoisotopic (exact) mass is 591 g/mol. The molecular formula is C33H41N3O5S. The Labute approximate surface area is 249 Å². The van der Waals surface area contributed by atoms with E-state index in [0.29, 0.717) is 30.9 Å². The average Bonchev–Trinajstić information content (AvgIpc) is 3.52. The Morgan fingerprint density at radius 1 is 0.905 bits per heavy atom. The zero-order valence-corrected chi connectivity index (χ0v) is 25.3. The normalized spacial score (nSPS) is 14.2. The molecule has 1 atom stereocenters. The highest BCUT2D eigenvalue weighted by molar-refractivity contribution is 7.92. The number of carbonyl (C=O) groups excluding carboxylic acids is 2. The van der Waals surface area contributed by atoms with Crippen LogP contribution in [0.4, 0.5) is 5.69 Å². The summed E-state index contributed by atoms with van der Waals surface area (Å²) in [5.41, 5.74) is 1.36. The highest BCUT2D eigenvalue weighted by Gasteiger charge is 2.34. The Morgan fingerprint density at radius 3 is 2.12 bits per heavy atom. The molecule has 1 N–H and O–H groups in total. The molecule has 9 heteroatoms. The number of carbonyl (C=O) groups is 2. The second-order valence-electron chi connectivity index (χ2n) is 10.5. The van der Waals surface area contributed by atoms with Crippen LogP contribution < -0.4 is 14.4 Å². The van der Waals surface area contributed by atoms with Crippen LogP contribution in [0.3, 0.4) is 0 Å². The maximum absolute atomic E-state index is 14.2. The molecule has 8 nitrogen and oxygen atoms in total. The van der Waals surface area contributed by atoms with E-state index in [-0.39, 0.29) is 23.4 Å². The minimum Gasteiger partial charge on any atom is -0.494 e. The fourth-order valence-electron chi connectivity index (χ4n) is 5.39. The third kappa shape index (κ3) is 7.91. The fraction of sp³-hybridized carbons (Fsp3) is 0.394. The van der Waals surface area contributed by atoms with Crippen LogP contribution in [-0.4, -0.2) is 56.9 Å². The smallest absolute Gasteiger partial charge is 0.264 e. The molecule has 0 aromatic heterocycles. The quantitative estimate of drug-likeness (QED) is 0.278. The van der Waals surface area contributed by atoms with E-state index in [1.165, 1.54) is 12.1 Å². The average molecular weight is 592 g/mol. The van der Waals surface area contributed by atoms with Crippen LogP contribution in [0.5, 0.6) is 5.75 Å². The van der Waals surface area contributed by atoms with Gasteiger partial charge in [0, 0.05) is 12.6 Å². The number of nitrogens with one attached hydrogen (secondary N) is 1. The summed E-state index contributed by atoms with van der Waals surface area (Å²) in [5, 5.41) is 3.14. The third-order valence-electron chi connectivity index (χ3n) is 7.62. The van der Waals surface area contributed by atoms with Gasteiger partial charge < -0.3 is 15.0 Å². The molecule has 1 aliphatic carbocycles. The number of ether oxygens (including phenoxy) is 1. The van der Waals surface area contributed by atoms with Crippen molar-refractivity contribution in [1.29, 1.82) is 0 Å². The molecule has 0 unspecified atom stereocenters. The van der Waals surface area contributed by atoms with Crippen LogP contribution in [-0.2, 0) is 26.0 Å². The number of hydrogen-bond donors (Lipinski definition) is 1. The van der Waals surface area contributed by atoms with Crippen LogP contribution in [0.2, 0.25) is 0 Å². The van der Waals surface area contributed by atoms with Crippen molar-refractivity contribution < 1.29 is 22.7 Å². The summed E-state index contributed by atoms with van der Waals surface area (Å²) in [6.07, 6.45) is 4.96. The van der Waals surface area contributed by atoms with Crippen LogP contribution in [0.25, 0.3) is 0 Å². The topological polar surface area (TPSA) is 96.0 Å². The van der Waals surface area contributed by atoms with Crippen LogP contribution in [0.1, 0.15) is 51.5 Å². The molecule has 224 valence electrons. The van der Waals surface area contributed by atoms with Gasteiger partial charge in [-0.1, -0.05) is 68.3 Å². The molecule has 0 spiro atoms. The third-order valence-corrected chi connectivity index (χ3v) is 9.41. The van der Waals surface area contributed by atoms with Crippen LogP contribution >= 0.6 is 0 Å². The molecule has 0 bridgehead atoms. The molecule has 3 aromatic rings. The fourth-order valence-corrected chi connectivity index (χ4v) is 6.82. The van der Waals surface area contributed by atoms with Gasteiger partial charge in [0.1, 0.15) is 18.3 Å². The summed E-state index contributed by atoms with van der Waals surface area (Å²) in [4.78, 5) is 29.3. The molecule has 42 heavy (non-hydrogen) atoms. The molecule has 0 heterocycles. The van der Waals surface area contributed by atoms with E-state index in [1.54, 1.807) is 47.4 Å². The first kappa shape index (κ1) is 31.1. The van der Waals surface area contributed by atoms with E-state index in [1.807, 2.05) is 44.2 Å². The lowest BCUT2D eigenvalue weighted by atomic mass is 10.1. The first-order chi connectivity index (χ1) is 20.3. The van der Waals surface area contributed by atoms with Gasteiger partial charge in [-0.15, -0.1) is 0 Å². The van der Waals surface area contributed by atoms with E-state index in [0.717, 1.165) is 35.6 Å². The number of amides is 2. The lowest BCUT2D eigenvalue weighted by molar-refractivity contribution is -0.139. The Morgan fingerprint density at radius 2 is 1.52 bits per heavy atom. The van der Waals surface area contributed by atoms with E-state index in [4.69, 9.17) is 4.74 Å². The Balaban J connectivity index is 1.66. The number of nitrogens with zero attached hydrogens (tertiary/aromatic N) is 2. The Kier molecular flexibility index (Phi) is 11.0. The summed E-state index contributed by atoms with van der Waals surface area (Å²) < 4.78 is 34.5. The van der Waals surface area contributed by atoms with Crippen molar-refractivity contribution >= 4 is 27.5 Å². The second kappa shape index (κ2) is 14.9. The summed E-state index contributed by atoms with van der Waals surface area (Å²) in [7, 11) is -4.10. The highest BCUT2D eigenvalue weighted by atomic mass is 32.2. The first-order valence-electron chi connectivity index (χ1n) is 14.8. The SMILES string of the molecule is CCOc1ccc(N(CC(=O)N(CCc2ccccc2)[C@H](CC)C(=O)NC2CCCC2)S(=O)(=O)c2ccccc2)cc1. The first-order valence-corrected chi connectivity index (χ1v) is 16.2. The molecule has 0 radical (unpaired) electrons. The van der Waals surface area contributed by atoms with Gasteiger partial charge >= 0.3 is 0 Å². The number of rotatable bonds is 14. The molecule has 1 saturated carbocycles. The predicted molar refractivity (Wildman–Crippen MR) is 165 cm³/mol. The van der Waals surface area contributed by atoms with Gasteiger partial charge in [-0.25, -0.2) is 8.42 Å². The van der Waals surface area contributed by atoms with Crippen molar-refractivity contribution in [2.75, 3.05) is 24.0 Å². The van der Waals surface area contributed by atoms with Gasteiger partial charge in [-0.3, -0.25) is 13.9 Å². The maximum Gasteiger partial charge on any atom is 0.264 e. The molecular weight excluding hydrogens is 550 g/mol. The molecule has 2 amide bonds. The van der Waals surface area contributed by atoms with Gasteiger partial charge in [-0.2, -0.15) is 0 Å². The van der Waals surface area contributed by atoms with Crippen molar-refractivity contribution in [3.05, 3.63) is 90.5 Å². The molecule has 1 aliphatic rings. The summed E-state index contributed by atoms with van der Waals surface area (Å²) in [6, 6.07) is 23.9. The van der Waals surface area contributed by atoms with E-state index >= 15 is 0 Å². The minimum absolute atomic E-state index is 0.0774. The highest BCUT2D eigenvalue weighted by Crippen LogP contribution is 2.27. The van der Waals surface area contributed by atoms with Crippen LogP contribution in [0.15, 0.2) is 89.8 Å². The summed E-state index contributed by atoms with van der Waals surface area (Å²) in [5.74, 6) is -0.0270. The van der Waals surface area contributed by atoms with Crippen molar-refractivity contribution in [1.82, 2.24) is 10.2 Å². The largest absolute Gasteiger partial charge is 0.494 e. The van der Waals surface area contributed by atoms with E-state index in [2.05, 4.69) is 5.32 Å². The van der Waals surface area contributed by atoms with Gasteiger partial charge in [0.2, 0.25) is 11.8 Å². The number of hydrogen-bond acceptors (Lipinski definition) is 5. The van der Waals surface area contributed by atoms with Crippen molar-refractivity contribution in [2.24, 2.45) is 0 Å². The van der Waals surface area contributed by atoms with Crippen molar-refractivity contribution in [2.45, 2.75) is 69.4 Å². The molecule has 4 rings (SSSR count). The molecule has 3 aromatic carbocycles. The number of anilines is 1. The van der Waals surface area contributed by atoms with E-state index < -0.39 is 28.5 Å². The molecule has 0 aliphatic heterocycles. The van der Waals surface area contributed by atoms with Crippen molar-refractivity contribution in [3.8, 4) is 5.75 Å². The standard InChI is InChI=1S/C33H41N3O5S/c1-3-31(33(38)34-27-15-11-12-16-27)35(24-23-26-13-7-5-8-14-26)32(37)25-36(28-19-21-29(22-20-28)41-4-2)42(39,40)30-17-9-6-10-18-30/h5-10,13-14,17-22,27,31H,3-4,11-12,15-16,23-25H2,1-2H3,(H,34,38)/t31-/m1/s1. The Bertz CT molecular complexity index is 1390. The maximum atomic E-state index is 14.2. The van der Waals surface area contributed by atoms with Gasteiger partial charge in [0.15, 0.2) is 0 Å². The molecule has 0 saturated heterocycles. The second-order valence-corrected chi connectivity index (χ2v) is 12.4. The Hall–Kier alpha value is -3.85. The van der Waals surface area contributed by atoms with Crippen LogP contribution in [0, 0.1) is 0 Å². The van der Waals surface area contributed by atoms with Crippen molar-refractivity contribution in [3.63, 3.8) is 0 Å². The lowest BCUT2D eigenvalue weighted by Crippen LogP contribution is -2.54. The minimum atomic E-state index is -4.10. The number of sulfonamides is 1. The predicted octanol–water partition coefficient (Wildman–Crippen LogP) is 5.19. The van der Waals surface area contributed by atoms with Gasteiger partial charge in [-0.05, 0) is 74.6 Å². The molecule has 1 fully saturated rings. The zero-order chi connectivity index (χ0) is 30.0. The lowest BCUT2D eigenvalue weighted by Gasteiger charge is -2.33. The summed E-state index contributed by atoms with van der Waals surface area (Å²) in [6.45, 7) is 4.05. The van der Waals surface area contributed by atoms with Gasteiger partial charge in [0.05, 0.1) is 17.2 Å².